The number of aromatic nitrogens is 4. The van der Waals surface area contributed by atoms with Gasteiger partial charge in [0, 0.05) is 31.4 Å². The summed E-state index contributed by atoms with van der Waals surface area (Å²) >= 11 is 0. The van der Waals surface area contributed by atoms with Crippen LogP contribution in [0.3, 0.4) is 0 Å². The third-order valence-electron chi connectivity index (χ3n) is 6.72. The molecule has 2 N–H and O–H groups in total. The van der Waals surface area contributed by atoms with Crippen LogP contribution in [0.15, 0.2) is 48.5 Å². The quantitative estimate of drug-likeness (QED) is 0.351. The van der Waals surface area contributed by atoms with Gasteiger partial charge >= 0.3 is 0 Å². The maximum absolute atomic E-state index is 13.7. The fraction of sp³-hybridized carbons (Fsp3) is 0.464. The Balaban J connectivity index is 1.58. The number of hydrogen-bond acceptors (Lipinski definition) is 7. The SMILES string of the molecule is CCOCCCN(C(=O)Cn1nnc(-c2ccc(C)cc2)n1)C(C(=O)NC1CCCC1)c1ccc(O)cc1. The van der Waals surface area contributed by atoms with Gasteiger partial charge in [-0.25, -0.2) is 0 Å². The summed E-state index contributed by atoms with van der Waals surface area (Å²) < 4.78 is 5.50. The Bertz CT molecular complexity index is 1190. The van der Waals surface area contributed by atoms with E-state index in [0.29, 0.717) is 37.6 Å². The average Bonchev–Trinajstić information content (AvgIpc) is 3.59. The van der Waals surface area contributed by atoms with Crippen LogP contribution in [0.25, 0.3) is 11.4 Å². The summed E-state index contributed by atoms with van der Waals surface area (Å²) in [6, 6.07) is 13.4. The minimum Gasteiger partial charge on any atom is -0.508 e. The Morgan fingerprint density at radius 1 is 1.13 bits per heavy atom. The third kappa shape index (κ3) is 7.16. The number of nitrogens with one attached hydrogen (secondary N) is 1. The Morgan fingerprint density at radius 2 is 1.84 bits per heavy atom. The van der Waals surface area contributed by atoms with E-state index < -0.39 is 6.04 Å². The summed E-state index contributed by atoms with van der Waals surface area (Å²) in [7, 11) is 0. The predicted molar refractivity (Wildman–Crippen MR) is 142 cm³/mol. The van der Waals surface area contributed by atoms with Gasteiger partial charge in [0.05, 0.1) is 0 Å². The molecule has 2 amide bonds. The zero-order chi connectivity index (χ0) is 26.9. The Kier molecular flexibility index (Phi) is 9.42. The molecule has 0 saturated heterocycles. The van der Waals surface area contributed by atoms with E-state index in [1.54, 1.807) is 17.0 Å². The molecule has 1 saturated carbocycles. The number of phenols is 1. The van der Waals surface area contributed by atoms with E-state index in [1.807, 2.05) is 38.1 Å². The number of aryl methyl sites for hydroxylation is 1. The molecule has 1 unspecified atom stereocenters. The van der Waals surface area contributed by atoms with E-state index in [-0.39, 0.29) is 30.2 Å². The number of carbonyl (C=O) groups is 2. The Hall–Kier alpha value is -3.79. The van der Waals surface area contributed by atoms with Crippen LogP contribution in [0, 0.1) is 6.92 Å². The van der Waals surface area contributed by atoms with Gasteiger partial charge in [0.1, 0.15) is 18.3 Å². The highest BCUT2D eigenvalue weighted by atomic mass is 16.5. The molecular weight excluding hydrogens is 484 g/mol. The zero-order valence-electron chi connectivity index (χ0n) is 22.0. The van der Waals surface area contributed by atoms with Gasteiger partial charge in [0.2, 0.25) is 17.6 Å². The molecule has 0 radical (unpaired) electrons. The van der Waals surface area contributed by atoms with Gasteiger partial charge in [-0.05, 0) is 56.0 Å². The first-order valence-corrected chi connectivity index (χ1v) is 13.3. The summed E-state index contributed by atoms with van der Waals surface area (Å²) in [5.74, 6) is -0.0311. The van der Waals surface area contributed by atoms with E-state index in [9.17, 15) is 14.7 Å². The van der Waals surface area contributed by atoms with Crippen LogP contribution in [-0.2, 0) is 20.9 Å². The molecule has 1 atom stereocenters. The predicted octanol–water partition coefficient (Wildman–Crippen LogP) is 3.41. The monoisotopic (exact) mass is 520 g/mol. The second-order valence-electron chi connectivity index (χ2n) is 9.63. The second kappa shape index (κ2) is 13.1. The van der Waals surface area contributed by atoms with Crippen LogP contribution in [-0.4, -0.2) is 67.8 Å². The molecule has 1 fully saturated rings. The van der Waals surface area contributed by atoms with Crippen molar-refractivity contribution < 1.29 is 19.4 Å². The fourth-order valence-corrected chi connectivity index (χ4v) is 4.70. The van der Waals surface area contributed by atoms with Crippen molar-refractivity contribution in [1.82, 2.24) is 30.4 Å². The van der Waals surface area contributed by atoms with Gasteiger partial charge in [0.25, 0.3) is 0 Å². The van der Waals surface area contributed by atoms with Crippen LogP contribution in [0.4, 0.5) is 0 Å². The van der Waals surface area contributed by atoms with Gasteiger partial charge in [-0.2, -0.15) is 4.80 Å². The first-order valence-electron chi connectivity index (χ1n) is 13.3. The number of aromatic hydroxyl groups is 1. The lowest BCUT2D eigenvalue weighted by Crippen LogP contribution is -2.47. The second-order valence-corrected chi connectivity index (χ2v) is 9.63. The molecule has 1 aliphatic carbocycles. The number of amides is 2. The molecular formula is C28H36N6O4. The lowest BCUT2D eigenvalue weighted by atomic mass is 10.0. The molecule has 10 heteroatoms. The fourth-order valence-electron chi connectivity index (χ4n) is 4.70. The number of benzene rings is 2. The highest BCUT2D eigenvalue weighted by Gasteiger charge is 2.33. The smallest absolute Gasteiger partial charge is 0.247 e. The maximum Gasteiger partial charge on any atom is 0.247 e. The molecule has 10 nitrogen and oxygen atoms in total. The van der Waals surface area contributed by atoms with E-state index in [2.05, 4.69) is 20.7 Å². The van der Waals surface area contributed by atoms with Crippen LogP contribution in [0.1, 0.15) is 56.2 Å². The number of tetrazole rings is 1. The van der Waals surface area contributed by atoms with Gasteiger partial charge < -0.3 is 20.1 Å². The molecule has 3 aromatic rings. The normalized spacial score (nSPS) is 14.4. The average molecular weight is 521 g/mol. The highest BCUT2D eigenvalue weighted by Crippen LogP contribution is 2.26. The highest BCUT2D eigenvalue weighted by molar-refractivity contribution is 5.89. The molecule has 38 heavy (non-hydrogen) atoms. The number of rotatable bonds is 12. The van der Waals surface area contributed by atoms with Crippen molar-refractivity contribution >= 4 is 11.8 Å². The van der Waals surface area contributed by atoms with Crippen molar-refractivity contribution in [2.75, 3.05) is 19.8 Å². The summed E-state index contributed by atoms with van der Waals surface area (Å²) in [4.78, 5) is 30.2. The number of nitrogens with zero attached hydrogens (tertiary/aromatic N) is 5. The first-order chi connectivity index (χ1) is 18.4. The zero-order valence-corrected chi connectivity index (χ0v) is 22.0. The van der Waals surface area contributed by atoms with Crippen molar-refractivity contribution in [1.29, 1.82) is 0 Å². The van der Waals surface area contributed by atoms with Crippen molar-refractivity contribution in [2.45, 2.75) is 64.6 Å². The molecule has 1 aromatic heterocycles. The molecule has 0 spiro atoms. The van der Waals surface area contributed by atoms with Crippen molar-refractivity contribution in [3.63, 3.8) is 0 Å². The van der Waals surface area contributed by atoms with Gasteiger partial charge in [-0.1, -0.05) is 54.8 Å². The van der Waals surface area contributed by atoms with Crippen molar-refractivity contribution in [3.8, 4) is 17.1 Å². The first kappa shape index (κ1) is 27.3. The third-order valence-corrected chi connectivity index (χ3v) is 6.72. The minimum absolute atomic E-state index is 0.0911. The van der Waals surface area contributed by atoms with Gasteiger partial charge in [0.15, 0.2) is 0 Å². The Morgan fingerprint density at radius 3 is 2.53 bits per heavy atom. The van der Waals surface area contributed by atoms with Crippen molar-refractivity contribution in [3.05, 3.63) is 59.7 Å². The summed E-state index contributed by atoms with van der Waals surface area (Å²) in [5.41, 5.74) is 2.55. The standard InChI is InChI=1S/C28H36N6O4/c1-3-38-18-6-17-33(25(36)19-34-31-27(30-32-34)22-11-9-20(2)10-12-22)26(21-13-15-24(35)16-14-21)28(37)29-23-7-4-5-8-23/h9-16,23,26,35H,3-8,17-19H2,1-2H3,(H,29,37). The summed E-state index contributed by atoms with van der Waals surface area (Å²) in [6.07, 6.45) is 4.57. The van der Waals surface area contributed by atoms with Gasteiger partial charge in [-0.3, -0.25) is 9.59 Å². The summed E-state index contributed by atoms with van der Waals surface area (Å²) in [6.45, 7) is 5.09. The maximum atomic E-state index is 13.7. The Labute approximate surface area is 223 Å². The molecule has 1 aliphatic rings. The lowest BCUT2D eigenvalue weighted by Gasteiger charge is -2.32. The molecule has 0 bridgehead atoms. The molecule has 1 heterocycles. The molecule has 202 valence electrons. The van der Waals surface area contributed by atoms with Crippen LogP contribution < -0.4 is 5.32 Å². The number of hydrogen-bond donors (Lipinski definition) is 2. The van der Waals surface area contributed by atoms with Crippen LogP contribution in [0.5, 0.6) is 5.75 Å². The van der Waals surface area contributed by atoms with E-state index in [1.165, 1.54) is 16.9 Å². The van der Waals surface area contributed by atoms with E-state index >= 15 is 0 Å². The lowest BCUT2D eigenvalue weighted by molar-refractivity contribution is -0.142. The summed E-state index contributed by atoms with van der Waals surface area (Å²) in [5, 5.41) is 25.6. The van der Waals surface area contributed by atoms with Crippen LogP contribution >= 0.6 is 0 Å². The number of ether oxygens (including phenoxy) is 1. The number of carbonyl (C=O) groups excluding carboxylic acids is 2. The number of phenolic OH excluding ortho intramolecular Hbond substituents is 1. The minimum atomic E-state index is -0.870. The van der Waals surface area contributed by atoms with E-state index in [4.69, 9.17) is 4.74 Å². The van der Waals surface area contributed by atoms with Crippen molar-refractivity contribution in [2.24, 2.45) is 0 Å². The van der Waals surface area contributed by atoms with Gasteiger partial charge in [-0.15, -0.1) is 10.2 Å². The van der Waals surface area contributed by atoms with E-state index in [0.717, 1.165) is 36.8 Å². The van der Waals surface area contributed by atoms with Crippen LogP contribution in [0.2, 0.25) is 0 Å². The topological polar surface area (TPSA) is 122 Å². The molecule has 4 rings (SSSR count). The largest absolute Gasteiger partial charge is 0.508 e. The molecule has 0 aliphatic heterocycles. The molecule has 2 aromatic carbocycles.